The van der Waals surface area contributed by atoms with E-state index in [2.05, 4.69) is 203 Å². The third kappa shape index (κ3) is 5.39. The second-order valence-corrected chi connectivity index (χ2v) is 14.3. The minimum atomic E-state index is 0.700. The van der Waals surface area contributed by atoms with E-state index in [1.54, 1.807) is 0 Å². The van der Waals surface area contributed by atoms with Crippen LogP contribution < -0.4 is 0 Å². The van der Waals surface area contributed by atoms with Crippen LogP contribution in [0.3, 0.4) is 0 Å². The van der Waals surface area contributed by atoms with E-state index in [-0.39, 0.29) is 0 Å². The van der Waals surface area contributed by atoms with Crippen LogP contribution in [0.4, 0.5) is 0 Å². The molecule has 3 aromatic heterocycles. The van der Waals surface area contributed by atoms with Crippen LogP contribution in [0.2, 0.25) is 0 Å². The number of benzene rings is 8. The van der Waals surface area contributed by atoms with Gasteiger partial charge in [-0.15, -0.1) is 0 Å². The quantitative estimate of drug-likeness (QED) is 0.172. The highest BCUT2D eigenvalue weighted by atomic mass is 15.0. The van der Waals surface area contributed by atoms with Gasteiger partial charge in [0.2, 0.25) is 0 Å². The molecule has 4 heteroatoms. The summed E-state index contributed by atoms with van der Waals surface area (Å²) in [7, 11) is 0. The lowest BCUT2D eigenvalue weighted by Gasteiger charge is -2.12. The van der Waals surface area contributed by atoms with E-state index >= 15 is 0 Å². The van der Waals surface area contributed by atoms with Crippen LogP contribution in [-0.4, -0.2) is 19.1 Å². The Bertz CT molecular complexity index is 3170. The van der Waals surface area contributed by atoms with Crippen molar-refractivity contribution in [2.24, 2.45) is 0 Å². The van der Waals surface area contributed by atoms with Gasteiger partial charge in [-0.3, -0.25) is 0 Å². The Hall–Kier alpha value is -7.56. The first-order valence-corrected chi connectivity index (χ1v) is 19.0. The van der Waals surface area contributed by atoms with Crippen LogP contribution >= 0.6 is 0 Å². The molecule has 0 aliphatic heterocycles. The lowest BCUT2D eigenvalue weighted by molar-refractivity contribution is 1.13. The molecule has 0 fully saturated rings. The van der Waals surface area contributed by atoms with E-state index in [1.807, 2.05) is 12.1 Å². The third-order valence-corrected chi connectivity index (χ3v) is 10.9. The van der Waals surface area contributed by atoms with Gasteiger partial charge in [0.05, 0.1) is 27.9 Å². The number of aromatic nitrogens is 4. The predicted molar refractivity (Wildman–Crippen MR) is 232 cm³/mol. The highest BCUT2D eigenvalue weighted by Gasteiger charge is 2.17. The van der Waals surface area contributed by atoms with Gasteiger partial charge in [0.15, 0.2) is 5.82 Å². The van der Waals surface area contributed by atoms with Crippen molar-refractivity contribution in [3.63, 3.8) is 0 Å². The second-order valence-electron chi connectivity index (χ2n) is 14.3. The van der Waals surface area contributed by atoms with Crippen molar-refractivity contribution in [1.82, 2.24) is 19.1 Å². The van der Waals surface area contributed by atoms with Crippen LogP contribution in [-0.2, 0) is 0 Å². The molecule has 0 amide bonds. The molecule has 0 saturated carbocycles. The first-order valence-electron chi connectivity index (χ1n) is 19.0. The first kappa shape index (κ1) is 31.9. The van der Waals surface area contributed by atoms with Crippen molar-refractivity contribution < 1.29 is 0 Å². The van der Waals surface area contributed by atoms with Gasteiger partial charge < -0.3 is 9.13 Å². The van der Waals surface area contributed by atoms with E-state index in [9.17, 15) is 0 Å². The Kier molecular flexibility index (Phi) is 7.46. The maximum absolute atomic E-state index is 5.10. The monoisotopic (exact) mass is 714 g/mol. The zero-order chi connectivity index (χ0) is 37.0. The van der Waals surface area contributed by atoms with E-state index < -0.39 is 0 Å². The fourth-order valence-electron chi connectivity index (χ4n) is 8.26. The molecule has 8 aromatic carbocycles. The van der Waals surface area contributed by atoms with Gasteiger partial charge in [-0.1, -0.05) is 133 Å². The molecule has 0 radical (unpaired) electrons. The molecule has 11 aromatic rings. The summed E-state index contributed by atoms with van der Waals surface area (Å²) >= 11 is 0. The molecular formula is C52H34N4. The molecule has 11 rings (SSSR count). The van der Waals surface area contributed by atoms with Gasteiger partial charge in [-0.2, -0.15) is 0 Å². The first-order chi connectivity index (χ1) is 27.7. The predicted octanol–water partition coefficient (Wildman–Crippen LogP) is 13.3. The molecule has 3 heterocycles. The molecule has 0 unspecified atom stereocenters. The Labute approximate surface area is 324 Å². The molecule has 56 heavy (non-hydrogen) atoms. The van der Waals surface area contributed by atoms with Crippen molar-refractivity contribution in [3.8, 4) is 56.4 Å². The summed E-state index contributed by atoms with van der Waals surface area (Å²) in [6.07, 6.45) is 2.18. The summed E-state index contributed by atoms with van der Waals surface area (Å²) in [5.74, 6) is 0.700. The van der Waals surface area contributed by atoms with E-state index in [4.69, 9.17) is 9.97 Å². The maximum Gasteiger partial charge on any atom is 0.160 e. The number of nitrogens with zero attached hydrogens (tertiary/aromatic N) is 4. The highest BCUT2D eigenvalue weighted by Crippen LogP contribution is 2.39. The van der Waals surface area contributed by atoms with Crippen molar-refractivity contribution in [3.05, 3.63) is 206 Å². The lowest BCUT2D eigenvalue weighted by Crippen LogP contribution is -1.96. The SMILES string of the molecule is c1ccc(-c2cc(-c3ccccc3)nc(-c3cccc(-c4cccc(-n5c6ccccc6c6cc7c(ccc8c7ccn8-c7ccccc7)cc65)c4)c3)n2)cc1. The number of hydrogen-bond donors (Lipinski definition) is 0. The topological polar surface area (TPSA) is 35.6 Å². The second kappa shape index (κ2) is 13.1. The molecule has 0 N–H and O–H groups in total. The van der Waals surface area contributed by atoms with E-state index in [1.165, 1.54) is 43.5 Å². The standard InChI is InChI=1S/C52H34N4/c1-4-14-35(15-5-1)47-34-48(36-16-6-2-7-17-36)54-52(53-47)40-20-12-18-37(30-40)38-19-13-23-42(31-38)56-50-25-11-10-24-43(50)46-33-45-39(32-51(46)56)26-27-49-44(45)28-29-55(49)41-21-8-3-9-22-41/h1-34H. The summed E-state index contributed by atoms with van der Waals surface area (Å²) in [4.78, 5) is 10.2. The molecule has 4 nitrogen and oxygen atoms in total. The Morgan fingerprint density at radius 2 is 0.911 bits per heavy atom. The molecule has 0 aliphatic rings. The molecule has 0 aliphatic carbocycles. The van der Waals surface area contributed by atoms with Crippen LogP contribution in [0, 0.1) is 0 Å². The number of hydrogen-bond acceptors (Lipinski definition) is 2. The van der Waals surface area contributed by atoms with Crippen LogP contribution in [0.1, 0.15) is 0 Å². The fraction of sp³-hybridized carbons (Fsp3) is 0. The van der Waals surface area contributed by atoms with Crippen LogP contribution in [0.5, 0.6) is 0 Å². The summed E-state index contributed by atoms with van der Waals surface area (Å²) < 4.78 is 4.69. The van der Waals surface area contributed by atoms with Gasteiger partial charge in [0.1, 0.15) is 0 Å². The Balaban J connectivity index is 1.03. The van der Waals surface area contributed by atoms with Gasteiger partial charge in [0, 0.05) is 50.4 Å². The minimum absolute atomic E-state index is 0.700. The van der Waals surface area contributed by atoms with E-state index in [0.717, 1.165) is 50.6 Å². The number of para-hydroxylation sites is 2. The third-order valence-electron chi connectivity index (χ3n) is 10.9. The summed E-state index contributed by atoms with van der Waals surface area (Å²) in [5, 5.41) is 6.20. The van der Waals surface area contributed by atoms with Crippen molar-refractivity contribution >= 4 is 43.5 Å². The average molecular weight is 715 g/mol. The van der Waals surface area contributed by atoms with E-state index in [0.29, 0.717) is 5.82 Å². The van der Waals surface area contributed by atoms with Crippen molar-refractivity contribution in [2.45, 2.75) is 0 Å². The molecular weight excluding hydrogens is 681 g/mol. The smallest absolute Gasteiger partial charge is 0.160 e. The minimum Gasteiger partial charge on any atom is -0.317 e. The molecule has 0 saturated heterocycles. The largest absolute Gasteiger partial charge is 0.317 e. The number of fused-ring (bicyclic) bond motifs is 6. The van der Waals surface area contributed by atoms with Crippen molar-refractivity contribution in [2.75, 3.05) is 0 Å². The molecule has 262 valence electrons. The Morgan fingerprint density at radius 1 is 0.321 bits per heavy atom. The van der Waals surface area contributed by atoms with Gasteiger partial charge in [0.25, 0.3) is 0 Å². The Morgan fingerprint density at radius 3 is 1.66 bits per heavy atom. The van der Waals surface area contributed by atoms with Gasteiger partial charge in [-0.25, -0.2) is 9.97 Å². The van der Waals surface area contributed by atoms with Crippen LogP contribution in [0.25, 0.3) is 99.9 Å². The zero-order valence-corrected chi connectivity index (χ0v) is 30.4. The lowest BCUT2D eigenvalue weighted by atomic mass is 10.0. The van der Waals surface area contributed by atoms with Crippen LogP contribution in [0.15, 0.2) is 206 Å². The average Bonchev–Trinajstić information content (AvgIpc) is 3.86. The molecule has 0 bridgehead atoms. The summed E-state index contributed by atoms with van der Waals surface area (Å²) in [5.41, 5.74) is 13.0. The highest BCUT2D eigenvalue weighted by molar-refractivity contribution is 6.18. The van der Waals surface area contributed by atoms with Gasteiger partial charge >= 0.3 is 0 Å². The molecule has 0 spiro atoms. The van der Waals surface area contributed by atoms with Crippen molar-refractivity contribution in [1.29, 1.82) is 0 Å². The molecule has 0 atom stereocenters. The van der Waals surface area contributed by atoms with Gasteiger partial charge in [-0.05, 0) is 88.6 Å². The maximum atomic E-state index is 5.10. The zero-order valence-electron chi connectivity index (χ0n) is 30.4. The number of rotatable bonds is 6. The normalized spacial score (nSPS) is 11.6. The summed E-state index contributed by atoms with van der Waals surface area (Å²) in [6.45, 7) is 0. The fourth-order valence-corrected chi connectivity index (χ4v) is 8.26. The summed E-state index contributed by atoms with van der Waals surface area (Å²) in [6, 6.07) is 71.0.